The Kier molecular flexibility index (Phi) is 6.93. The number of carbonyl (C=O) groups excluding carboxylic acids is 2. The van der Waals surface area contributed by atoms with E-state index in [2.05, 4.69) is 13.8 Å². The third kappa shape index (κ3) is 4.72. The molecule has 1 atom stereocenters. The number of rotatable bonds is 6. The van der Waals surface area contributed by atoms with Crippen molar-refractivity contribution in [2.75, 3.05) is 4.90 Å². The number of imide groups is 1. The maximum atomic E-state index is 13.7. The van der Waals surface area contributed by atoms with E-state index < -0.39 is 22.0 Å². The molecule has 1 unspecified atom stereocenters. The van der Waals surface area contributed by atoms with E-state index in [0.717, 1.165) is 29.7 Å². The lowest BCUT2D eigenvalue weighted by molar-refractivity contribution is -0.122. The highest BCUT2D eigenvalue weighted by atomic mass is 35.5. The highest BCUT2D eigenvalue weighted by Gasteiger charge is 2.49. The molecule has 2 amide bonds. The second-order valence-electron chi connectivity index (χ2n) is 9.11. The van der Waals surface area contributed by atoms with Crippen LogP contribution in [-0.4, -0.2) is 36.6 Å². The molecule has 1 aliphatic carbocycles. The molecule has 2 aromatic carbocycles. The molecule has 176 valence electrons. The first kappa shape index (κ1) is 23.9. The zero-order valence-corrected chi connectivity index (χ0v) is 20.5. The molecule has 2 aromatic rings. The van der Waals surface area contributed by atoms with Crippen LogP contribution >= 0.6 is 11.6 Å². The average Bonchev–Trinajstić information content (AvgIpc) is 3.08. The van der Waals surface area contributed by atoms with Crippen LogP contribution in [-0.2, 0) is 19.6 Å². The van der Waals surface area contributed by atoms with Gasteiger partial charge in [0.2, 0.25) is 15.9 Å². The summed E-state index contributed by atoms with van der Waals surface area (Å²) in [6.07, 6.45) is 4.02. The van der Waals surface area contributed by atoms with Crippen LogP contribution < -0.4 is 4.90 Å². The summed E-state index contributed by atoms with van der Waals surface area (Å²) in [6, 6.07) is 11.9. The van der Waals surface area contributed by atoms with E-state index in [9.17, 15) is 18.0 Å². The predicted molar refractivity (Wildman–Crippen MR) is 129 cm³/mol. The molecule has 0 radical (unpaired) electrons. The van der Waals surface area contributed by atoms with Gasteiger partial charge in [0.25, 0.3) is 5.91 Å². The molecule has 2 fully saturated rings. The number of nitrogens with zero attached hydrogens (tertiary/aromatic N) is 2. The van der Waals surface area contributed by atoms with Crippen LogP contribution in [0.5, 0.6) is 0 Å². The molecule has 0 N–H and O–H groups in total. The number of carbonyl (C=O) groups is 2. The molecule has 6 nitrogen and oxygen atoms in total. The van der Waals surface area contributed by atoms with Crippen LogP contribution in [0.3, 0.4) is 0 Å². The number of hydrogen-bond donors (Lipinski definition) is 0. The lowest BCUT2D eigenvalue weighted by Gasteiger charge is -2.36. The van der Waals surface area contributed by atoms with Crippen molar-refractivity contribution < 1.29 is 18.0 Å². The normalized spacial score (nSPS) is 20.3. The standard InChI is InChI=1S/C25H29ClN2O4S/c1-17(2)18-8-12-20(13-9-18)27-24(29)16-23(25(27)30)28(21-6-4-3-5-7-21)33(31,32)22-14-10-19(26)11-15-22/h8-15,17,21,23H,3-7,16H2,1-2H3. The fourth-order valence-corrected chi connectivity index (χ4v) is 6.73. The van der Waals surface area contributed by atoms with E-state index in [1.807, 2.05) is 12.1 Å². The van der Waals surface area contributed by atoms with Crippen molar-refractivity contribution in [2.24, 2.45) is 0 Å². The van der Waals surface area contributed by atoms with Gasteiger partial charge in [-0.2, -0.15) is 4.31 Å². The van der Waals surface area contributed by atoms with E-state index >= 15 is 0 Å². The number of benzene rings is 2. The van der Waals surface area contributed by atoms with Crippen LogP contribution in [0.1, 0.15) is 63.9 Å². The number of amides is 2. The first-order valence-corrected chi connectivity index (χ1v) is 13.3. The molecule has 2 aliphatic rings. The quantitative estimate of drug-likeness (QED) is 0.529. The number of halogens is 1. The van der Waals surface area contributed by atoms with Crippen LogP contribution in [0.25, 0.3) is 0 Å². The van der Waals surface area contributed by atoms with E-state index in [0.29, 0.717) is 29.5 Å². The van der Waals surface area contributed by atoms with Gasteiger partial charge in [-0.25, -0.2) is 13.3 Å². The monoisotopic (exact) mass is 488 g/mol. The van der Waals surface area contributed by atoms with Gasteiger partial charge < -0.3 is 0 Å². The molecule has 0 bridgehead atoms. The fourth-order valence-electron chi connectivity index (χ4n) is 4.78. The largest absolute Gasteiger partial charge is 0.274 e. The van der Waals surface area contributed by atoms with E-state index in [-0.39, 0.29) is 23.3 Å². The molecule has 0 spiro atoms. The van der Waals surface area contributed by atoms with Crippen molar-refractivity contribution in [3.63, 3.8) is 0 Å². The van der Waals surface area contributed by atoms with Gasteiger partial charge in [-0.15, -0.1) is 0 Å². The maximum absolute atomic E-state index is 13.7. The van der Waals surface area contributed by atoms with Crippen molar-refractivity contribution in [3.05, 3.63) is 59.1 Å². The Morgan fingerprint density at radius 3 is 2.12 bits per heavy atom. The first-order chi connectivity index (χ1) is 15.7. The Morgan fingerprint density at radius 2 is 1.55 bits per heavy atom. The van der Waals surface area contributed by atoms with Gasteiger partial charge in [0, 0.05) is 11.1 Å². The summed E-state index contributed by atoms with van der Waals surface area (Å²) >= 11 is 5.96. The molecule has 0 aromatic heterocycles. The average molecular weight is 489 g/mol. The predicted octanol–water partition coefficient (Wildman–Crippen LogP) is 5.12. The molecular weight excluding hydrogens is 460 g/mol. The summed E-state index contributed by atoms with van der Waals surface area (Å²) in [5.74, 6) is -0.544. The summed E-state index contributed by atoms with van der Waals surface area (Å²) in [6.45, 7) is 4.14. The lowest BCUT2D eigenvalue weighted by atomic mass is 9.94. The summed E-state index contributed by atoms with van der Waals surface area (Å²) in [4.78, 5) is 27.7. The fraction of sp³-hybridized carbons (Fsp3) is 0.440. The Balaban J connectivity index is 1.70. The second kappa shape index (κ2) is 9.57. The van der Waals surface area contributed by atoms with Crippen LogP contribution in [0.15, 0.2) is 53.4 Å². The minimum absolute atomic E-state index is 0.0810. The zero-order valence-electron chi connectivity index (χ0n) is 18.9. The summed E-state index contributed by atoms with van der Waals surface area (Å²) in [7, 11) is -4.01. The van der Waals surface area contributed by atoms with Gasteiger partial charge in [-0.1, -0.05) is 56.8 Å². The minimum Gasteiger partial charge on any atom is -0.274 e. The van der Waals surface area contributed by atoms with Crippen LogP contribution in [0.4, 0.5) is 5.69 Å². The van der Waals surface area contributed by atoms with Gasteiger partial charge >= 0.3 is 0 Å². The number of anilines is 1. The molecule has 1 aliphatic heterocycles. The van der Waals surface area contributed by atoms with Crippen LogP contribution in [0, 0.1) is 0 Å². The van der Waals surface area contributed by atoms with Gasteiger partial charge in [0.1, 0.15) is 6.04 Å². The number of hydrogen-bond acceptors (Lipinski definition) is 4. The SMILES string of the molecule is CC(C)c1ccc(N2C(=O)CC(N(C3CCCCC3)S(=O)(=O)c3ccc(Cl)cc3)C2=O)cc1. The van der Waals surface area contributed by atoms with E-state index in [1.165, 1.54) is 28.6 Å². The maximum Gasteiger partial charge on any atom is 0.252 e. The van der Waals surface area contributed by atoms with Crippen molar-refractivity contribution in [1.82, 2.24) is 4.31 Å². The van der Waals surface area contributed by atoms with Crippen molar-refractivity contribution >= 4 is 39.1 Å². The van der Waals surface area contributed by atoms with E-state index in [1.54, 1.807) is 12.1 Å². The lowest BCUT2D eigenvalue weighted by Crippen LogP contribution is -2.51. The van der Waals surface area contributed by atoms with Gasteiger partial charge in [-0.05, 0) is 60.7 Å². The van der Waals surface area contributed by atoms with E-state index in [4.69, 9.17) is 11.6 Å². The Hall–Kier alpha value is -2.22. The summed E-state index contributed by atoms with van der Waals surface area (Å²) in [5.41, 5.74) is 1.58. The molecule has 33 heavy (non-hydrogen) atoms. The number of sulfonamides is 1. The van der Waals surface area contributed by atoms with Gasteiger partial charge in [0.15, 0.2) is 0 Å². The van der Waals surface area contributed by atoms with Gasteiger partial charge in [0.05, 0.1) is 17.0 Å². The molecule has 1 saturated carbocycles. The third-order valence-corrected chi connectivity index (χ3v) is 8.80. The third-order valence-electron chi connectivity index (χ3n) is 6.57. The molecule has 1 heterocycles. The zero-order chi connectivity index (χ0) is 23.8. The Labute approximate surface area is 200 Å². The summed E-state index contributed by atoms with van der Waals surface area (Å²) < 4.78 is 28.8. The Morgan fingerprint density at radius 1 is 0.939 bits per heavy atom. The van der Waals surface area contributed by atoms with Crippen LogP contribution in [0.2, 0.25) is 5.02 Å². The molecule has 1 saturated heterocycles. The molecular formula is C25H29ClN2O4S. The highest BCUT2D eigenvalue weighted by molar-refractivity contribution is 7.89. The topological polar surface area (TPSA) is 74.8 Å². The molecule has 8 heteroatoms. The smallest absolute Gasteiger partial charge is 0.252 e. The molecule has 4 rings (SSSR count). The van der Waals surface area contributed by atoms with Crippen molar-refractivity contribution in [3.8, 4) is 0 Å². The Bertz CT molecular complexity index is 1120. The van der Waals surface area contributed by atoms with Crippen molar-refractivity contribution in [2.45, 2.75) is 75.3 Å². The second-order valence-corrected chi connectivity index (χ2v) is 11.4. The van der Waals surface area contributed by atoms with Crippen molar-refractivity contribution in [1.29, 1.82) is 0 Å². The highest BCUT2D eigenvalue weighted by Crippen LogP contribution is 2.35. The summed E-state index contributed by atoms with van der Waals surface area (Å²) in [5, 5.41) is 0.432. The van der Waals surface area contributed by atoms with Gasteiger partial charge in [-0.3, -0.25) is 9.59 Å². The first-order valence-electron chi connectivity index (χ1n) is 11.5. The minimum atomic E-state index is -4.01.